The number of hydrogen-bond donors (Lipinski definition) is 1. The van der Waals surface area contributed by atoms with E-state index in [1.54, 1.807) is 0 Å². The van der Waals surface area contributed by atoms with Crippen LogP contribution in [0.4, 0.5) is 0 Å². The van der Waals surface area contributed by atoms with Crippen LogP contribution in [0.5, 0.6) is 11.5 Å². The average Bonchev–Trinajstić information content (AvgIpc) is 2.73. The molecule has 0 bridgehead atoms. The minimum absolute atomic E-state index is 0.101. The van der Waals surface area contributed by atoms with Gasteiger partial charge in [-0.25, -0.2) is 0 Å². The lowest BCUT2D eigenvalue weighted by atomic mass is 10.1. The molecular weight excluding hydrogens is 376 g/mol. The Morgan fingerprint density at radius 1 is 0.833 bits per heavy atom. The third kappa shape index (κ3) is 6.46. The normalized spacial score (nSPS) is 14.8. The lowest BCUT2D eigenvalue weighted by Crippen LogP contribution is -2.45. The Labute approximate surface area is 181 Å². The average molecular weight is 413 g/mol. The predicted octanol–water partition coefficient (Wildman–Crippen LogP) is 3.67. The Balaban J connectivity index is 1.59. The summed E-state index contributed by atoms with van der Waals surface area (Å²) in [5.74, 6) is 1.95. The van der Waals surface area contributed by atoms with Gasteiger partial charge in [0.25, 0.3) is 0 Å². The fourth-order valence-corrected chi connectivity index (χ4v) is 3.84. The summed E-state index contributed by atoms with van der Waals surface area (Å²) in [5, 5.41) is 3.65. The fourth-order valence-electron chi connectivity index (χ4n) is 3.84. The van der Waals surface area contributed by atoms with Crippen LogP contribution in [0.3, 0.4) is 0 Å². The Morgan fingerprint density at radius 3 is 1.77 bits per heavy atom. The van der Waals surface area contributed by atoms with E-state index >= 15 is 0 Å². The Kier molecular flexibility index (Phi) is 8.55. The van der Waals surface area contributed by atoms with Crippen molar-refractivity contribution in [1.29, 1.82) is 0 Å². The molecule has 1 heterocycles. The molecule has 1 saturated heterocycles. The second-order valence-electron chi connectivity index (χ2n) is 8.17. The zero-order valence-corrected chi connectivity index (χ0v) is 18.9. The first-order valence-corrected chi connectivity index (χ1v) is 11.0. The molecule has 0 unspecified atom stereocenters. The molecule has 0 aliphatic carbocycles. The summed E-state index contributed by atoms with van der Waals surface area (Å²) in [6, 6.07) is 12.6. The van der Waals surface area contributed by atoms with Gasteiger partial charge >= 0.3 is 0 Å². The molecule has 1 aliphatic rings. The lowest BCUT2D eigenvalue weighted by Gasteiger charge is -2.28. The van der Waals surface area contributed by atoms with E-state index in [9.17, 15) is 0 Å². The topological polar surface area (TPSA) is 43.0 Å². The van der Waals surface area contributed by atoms with E-state index in [0.717, 1.165) is 73.1 Å². The first kappa shape index (κ1) is 22.6. The molecule has 0 radical (unpaired) electrons. The third-order valence-corrected chi connectivity index (χ3v) is 5.64. The maximum absolute atomic E-state index is 6.25. The first-order chi connectivity index (χ1) is 14.5. The van der Waals surface area contributed by atoms with Crippen molar-refractivity contribution in [3.63, 3.8) is 0 Å². The van der Waals surface area contributed by atoms with Crippen molar-refractivity contribution in [2.45, 2.75) is 33.7 Å². The maximum Gasteiger partial charge on any atom is 0.125 e. The number of morpholine rings is 1. The van der Waals surface area contributed by atoms with Gasteiger partial charge in [-0.05, 0) is 49.9 Å². The molecule has 0 atom stereocenters. The van der Waals surface area contributed by atoms with Crippen molar-refractivity contribution in [2.75, 3.05) is 52.6 Å². The first-order valence-electron chi connectivity index (χ1n) is 11.0. The molecule has 5 nitrogen and oxygen atoms in total. The summed E-state index contributed by atoms with van der Waals surface area (Å²) in [6.07, 6.45) is 0. The molecule has 0 spiro atoms. The molecule has 3 rings (SSSR count). The lowest BCUT2D eigenvalue weighted by molar-refractivity contribution is 0.0376. The van der Waals surface area contributed by atoms with Gasteiger partial charge in [-0.3, -0.25) is 4.90 Å². The van der Waals surface area contributed by atoms with Gasteiger partial charge in [0, 0.05) is 26.2 Å². The van der Waals surface area contributed by atoms with E-state index in [4.69, 9.17) is 14.2 Å². The number of nitrogens with zero attached hydrogens (tertiary/aromatic N) is 1. The number of ether oxygens (including phenoxy) is 3. The standard InChI is InChI=1S/C25H36N2O3/c1-19-7-5-8-20(2)24(19)29-17-23(26-11-12-27-13-15-28-16-14-27)18-30-25-21(3)9-6-10-22(25)4/h5-10,23,26H,11-18H2,1-4H3. The molecule has 0 saturated carbocycles. The van der Waals surface area contributed by atoms with Gasteiger partial charge in [0.05, 0.1) is 19.3 Å². The summed E-state index contributed by atoms with van der Waals surface area (Å²) in [4.78, 5) is 2.44. The molecule has 164 valence electrons. The quantitative estimate of drug-likeness (QED) is 0.645. The second-order valence-corrected chi connectivity index (χ2v) is 8.17. The number of nitrogens with one attached hydrogen (secondary N) is 1. The fraction of sp³-hybridized carbons (Fsp3) is 0.520. The summed E-state index contributed by atoms with van der Waals surface area (Å²) in [6.45, 7) is 15.1. The Hall–Kier alpha value is -2.08. The van der Waals surface area contributed by atoms with Gasteiger partial charge in [-0.15, -0.1) is 0 Å². The van der Waals surface area contributed by atoms with Crippen LogP contribution in [0, 0.1) is 27.7 Å². The van der Waals surface area contributed by atoms with Crippen LogP contribution in [0.2, 0.25) is 0 Å². The molecule has 0 aromatic heterocycles. The van der Waals surface area contributed by atoms with Crippen LogP contribution in [0.15, 0.2) is 36.4 Å². The van der Waals surface area contributed by atoms with Gasteiger partial charge in [0.1, 0.15) is 24.7 Å². The summed E-state index contributed by atoms with van der Waals surface area (Å²) in [7, 11) is 0. The van der Waals surface area contributed by atoms with Crippen LogP contribution >= 0.6 is 0 Å². The van der Waals surface area contributed by atoms with E-state index in [1.807, 2.05) is 0 Å². The van der Waals surface area contributed by atoms with Gasteiger partial charge in [0.15, 0.2) is 0 Å². The highest BCUT2D eigenvalue weighted by molar-refractivity contribution is 5.40. The minimum atomic E-state index is 0.101. The number of hydrogen-bond acceptors (Lipinski definition) is 5. The number of rotatable bonds is 10. The molecule has 1 aliphatic heterocycles. The van der Waals surface area contributed by atoms with Crippen molar-refractivity contribution in [3.05, 3.63) is 58.7 Å². The number of benzene rings is 2. The van der Waals surface area contributed by atoms with Gasteiger partial charge in [0.2, 0.25) is 0 Å². The zero-order chi connectivity index (χ0) is 21.3. The molecule has 2 aromatic carbocycles. The van der Waals surface area contributed by atoms with E-state index < -0.39 is 0 Å². The maximum atomic E-state index is 6.25. The van der Waals surface area contributed by atoms with Gasteiger partial charge in [-0.1, -0.05) is 36.4 Å². The molecule has 30 heavy (non-hydrogen) atoms. The van der Waals surface area contributed by atoms with Crippen LogP contribution < -0.4 is 14.8 Å². The largest absolute Gasteiger partial charge is 0.491 e. The van der Waals surface area contributed by atoms with E-state index in [0.29, 0.717) is 13.2 Å². The summed E-state index contributed by atoms with van der Waals surface area (Å²) < 4.78 is 17.9. The molecule has 2 aromatic rings. The van der Waals surface area contributed by atoms with E-state index in [-0.39, 0.29) is 6.04 Å². The molecular formula is C25H36N2O3. The number of aryl methyl sites for hydroxylation is 4. The highest BCUT2D eigenvalue weighted by Crippen LogP contribution is 2.24. The summed E-state index contributed by atoms with van der Waals surface area (Å²) >= 11 is 0. The zero-order valence-electron chi connectivity index (χ0n) is 18.9. The SMILES string of the molecule is Cc1cccc(C)c1OCC(COc1c(C)cccc1C)NCCN1CCOCC1. The van der Waals surface area contributed by atoms with Crippen molar-refractivity contribution in [1.82, 2.24) is 10.2 Å². The minimum Gasteiger partial charge on any atom is -0.491 e. The highest BCUT2D eigenvalue weighted by atomic mass is 16.5. The van der Waals surface area contributed by atoms with Crippen molar-refractivity contribution < 1.29 is 14.2 Å². The molecule has 1 fully saturated rings. The van der Waals surface area contributed by atoms with Crippen LogP contribution in [0.25, 0.3) is 0 Å². The monoisotopic (exact) mass is 412 g/mol. The van der Waals surface area contributed by atoms with E-state index in [1.165, 1.54) is 0 Å². The third-order valence-electron chi connectivity index (χ3n) is 5.64. The van der Waals surface area contributed by atoms with Crippen molar-refractivity contribution in [2.24, 2.45) is 0 Å². The Bertz CT molecular complexity index is 707. The smallest absolute Gasteiger partial charge is 0.125 e. The van der Waals surface area contributed by atoms with Gasteiger partial charge in [-0.2, -0.15) is 0 Å². The molecule has 1 N–H and O–H groups in total. The highest BCUT2D eigenvalue weighted by Gasteiger charge is 2.16. The van der Waals surface area contributed by atoms with E-state index in [2.05, 4.69) is 74.3 Å². The van der Waals surface area contributed by atoms with Crippen LogP contribution in [-0.4, -0.2) is 63.5 Å². The van der Waals surface area contributed by atoms with Gasteiger partial charge < -0.3 is 19.5 Å². The molecule has 0 amide bonds. The van der Waals surface area contributed by atoms with Crippen molar-refractivity contribution in [3.8, 4) is 11.5 Å². The Morgan fingerprint density at radius 2 is 1.30 bits per heavy atom. The van der Waals surface area contributed by atoms with Crippen LogP contribution in [0.1, 0.15) is 22.3 Å². The molecule has 5 heteroatoms. The van der Waals surface area contributed by atoms with Crippen molar-refractivity contribution >= 4 is 0 Å². The van der Waals surface area contributed by atoms with Crippen LogP contribution in [-0.2, 0) is 4.74 Å². The summed E-state index contributed by atoms with van der Waals surface area (Å²) in [5.41, 5.74) is 4.66. The predicted molar refractivity (Wildman–Crippen MR) is 122 cm³/mol. The number of para-hydroxylation sites is 2. The second kappa shape index (κ2) is 11.3.